The smallest absolute Gasteiger partial charge is 0.167 e. The normalized spacial score (nSPS) is 13.1. The standard InChI is InChI=1S/C9H10N6.C8H7N5/c1-14-3-5-6-8(14)11-4-12-9(6)15(2)13-7(5)10;1-12-4-10-6-7(12)11-5-13-3-2-9-8(6)13/h3-4H,1-2H3,(H2,10,13);2-5H,1H3. The number of aromatic nitrogens is 8. The molecular formula is C17H17N11. The zero-order valence-corrected chi connectivity index (χ0v) is 15.5. The third-order valence-electron chi connectivity index (χ3n) is 4.66. The summed E-state index contributed by atoms with van der Waals surface area (Å²) >= 11 is 0. The van der Waals surface area contributed by atoms with Crippen LogP contribution in [0.1, 0.15) is 5.56 Å². The van der Waals surface area contributed by atoms with Crippen molar-refractivity contribution in [3.05, 3.63) is 43.1 Å². The Morgan fingerprint density at radius 2 is 1.71 bits per heavy atom. The van der Waals surface area contributed by atoms with Crippen molar-refractivity contribution < 1.29 is 0 Å². The van der Waals surface area contributed by atoms with Gasteiger partial charge in [0.1, 0.15) is 18.3 Å². The molecular weight excluding hydrogens is 358 g/mol. The summed E-state index contributed by atoms with van der Waals surface area (Å²) in [5, 5.41) is 6.83. The van der Waals surface area contributed by atoms with Crippen LogP contribution < -0.4 is 10.7 Å². The number of fused-ring (bicyclic) bond motifs is 3. The monoisotopic (exact) mass is 375 g/mol. The minimum atomic E-state index is 0.505. The Balaban J connectivity index is 0.000000123. The summed E-state index contributed by atoms with van der Waals surface area (Å²) < 4.78 is 5.66. The van der Waals surface area contributed by atoms with Gasteiger partial charge in [-0.2, -0.15) is 5.10 Å². The molecule has 28 heavy (non-hydrogen) atoms. The predicted molar refractivity (Wildman–Crippen MR) is 105 cm³/mol. The molecule has 0 aromatic carbocycles. The van der Waals surface area contributed by atoms with Gasteiger partial charge in [-0.3, -0.25) is 4.40 Å². The molecule has 0 radical (unpaired) electrons. The molecule has 5 aromatic heterocycles. The van der Waals surface area contributed by atoms with Crippen LogP contribution in [0.5, 0.6) is 0 Å². The molecule has 0 spiro atoms. The highest BCUT2D eigenvalue weighted by molar-refractivity contribution is 6.13. The molecule has 0 atom stereocenters. The van der Waals surface area contributed by atoms with Crippen LogP contribution in [0.25, 0.3) is 27.8 Å². The Kier molecular flexibility index (Phi) is 3.32. The van der Waals surface area contributed by atoms with E-state index in [0.29, 0.717) is 5.84 Å². The highest BCUT2D eigenvalue weighted by atomic mass is 15.5. The minimum Gasteiger partial charge on any atom is -0.382 e. The van der Waals surface area contributed by atoms with E-state index in [4.69, 9.17) is 5.73 Å². The summed E-state index contributed by atoms with van der Waals surface area (Å²) in [4.78, 5) is 21.1. The van der Waals surface area contributed by atoms with Crippen LogP contribution in [0.15, 0.2) is 42.7 Å². The molecule has 0 fully saturated rings. The van der Waals surface area contributed by atoms with E-state index in [1.807, 2.05) is 47.1 Å². The van der Waals surface area contributed by atoms with E-state index < -0.39 is 0 Å². The van der Waals surface area contributed by atoms with Gasteiger partial charge in [0.2, 0.25) is 0 Å². The fraction of sp³-hybridized carbons (Fsp3) is 0.176. The van der Waals surface area contributed by atoms with Crippen LogP contribution in [-0.4, -0.2) is 51.3 Å². The third kappa shape index (κ3) is 2.22. The maximum Gasteiger partial charge on any atom is 0.167 e. The molecule has 0 saturated heterocycles. The van der Waals surface area contributed by atoms with E-state index >= 15 is 0 Å². The van der Waals surface area contributed by atoms with Gasteiger partial charge in [0.15, 0.2) is 28.5 Å². The summed E-state index contributed by atoms with van der Waals surface area (Å²) in [7, 11) is 5.67. The van der Waals surface area contributed by atoms with Crippen LogP contribution in [0.3, 0.4) is 0 Å². The molecule has 1 aliphatic rings. The average Bonchev–Trinajstić information content (AvgIpc) is 3.39. The third-order valence-corrected chi connectivity index (χ3v) is 4.66. The topological polar surface area (TPSA) is 120 Å². The lowest BCUT2D eigenvalue weighted by Crippen LogP contribution is -2.25. The van der Waals surface area contributed by atoms with Gasteiger partial charge in [-0.25, -0.2) is 29.9 Å². The first kappa shape index (κ1) is 16.2. The Bertz CT molecular complexity index is 1370. The zero-order valence-electron chi connectivity index (χ0n) is 15.5. The summed E-state index contributed by atoms with van der Waals surface area (Å²) in [5.41, 5.74) is 10.2. The SMILES string of the molecule is CN1N=C(N)c2cn(C)c3ncnc1c23.Cn1cnc2c1ncn1ccnc21. The zero-order chi connectivity index (χ0) is 19.4. The minimum absolute atomic E-state index is 0.505. The van der Waals surface area contributed by atoms with E-state index in [1.54, 1.807) is 23.9 Å². The molecule has 6 heterocycles. The van der Waals surface area contributed by atoms with Gasteiger partial charge in [0.25, 0.3) is 0 Å². The summed E-state index contributed by atoms with van der Waals surface area (Å²) in [6.45, 7) is 0. The largest absolute Gasteiger partial charge is 0.382 e. The van der Waals surface area contributed by atoms with E-state index in [1.165, 1.54) is 6.33 Å². The predicted octanol–water partition coefficient (Wildman–Crippen LogP) is 0.654. The van der Waals surface area contributed by atoms with E-state index in [-0.39, 0.29) is 0 Å². The van der Waals surface area contributed by atoms with Crippen molar-refractivity contribution in [3.63, 3.8) is 0 Å². The Labute approximate surface area is 158 Å². The van der Waals surface area contributed by atoms with E-state index in [0.717, 1.165) is 39.2 Å². The summed E-state index contributed by atoms with van der Waals surface area (Å²) in [6, 6.07) is 0. The maximum atomic E-state index is 5.85. The van der Waals surface area contributed by atoms with Crippen molar-refractivity contribution >= 4 is 39.5 Å². The fourth-order valence-corrected chi connectivity index (χ4v) is 3.34. The number of imidazole rings is 2. The van der Waals surface area contributed by atoms with Gasteiger partial charge in [0.05, 0.1) is 11.7 Å². The van der Waals surface area contributed by atoms with Crippen molar-refractivity contribution in [3.8, 4) is 0 Å². The Hall–Kier alpha value is -4.02. The van der Waals surface area contributed by atoms with Crippen molar-refractivity contribution in [2.45, 2.75) is 0 Å². The summed E-state index contributed by atoms with van der Waals surface area (Å²) in [6.07, 6.45) is 10.5. The van der Waals surface area contributed by atoms with Crippen molar-refractivity contribution in [2.24, 2.45) is 24.9 Å². The number of hydrogen-bond donors (Lipinski definition) is 1. The molecule has 5 aromatic rings. The number of nitrogens with two attached hydrogens (primary N) is 1. The Morgan fingerprint density at radius 1 is 0.857 bits per heavy atom. The van der Waals surface area contributed by atoms with Gasteiger partial charge >= 0.3 is 0 Å². The molecule has 6 rings (SSSR count). The van der Waals surface area contributed by atoms with E-state index in [9.17, 15) is 0 Å². The number of aryl methyl sites for hydroxylation is 2. The number of rotatable bonds is 0. The van der Waals surface area contributed by atoms with Crippen molar-refractivity contribution in [1.82, 2.24) is 38.5 Å². The molecule has 0 aliphatic carbocycles. The fourth-order valence-electron chi connectivity index (χ4n) is 3.34. The number of amidine groups is 1. The highest BCUT2D eigenvalue weighted by Gasteiger charge is 2.22. The van der Waals surface area contributed by atoms with Crippen LogP contribution in [0.4, 0.5) is 5.82 Å². The number of hydrazone groups is 1. The first-order valence-corrected chi connectivity index (χ1v) is 8.51. The summed E-state index contributed by atoms with van der Waals surface area (Å²) in [5.74, 6) is 1.30. The lowest BCUT2D eigenvalue weighted by atomic mass is 10.2. The molecule has 1 aliphatic heterocycles. The van der Waals surface area contributed by atoms with E-state index in [2.05, 4.69) is 30.0 Å². The molecule has 0 saturated carbocycles. The number of anilines is 1. The van der Waals surface area contributed by atoms with Gasteiger partial charge in [-0.15, -0.1) is 0 Å². The van der Waals surface area contributed by atoms with Gasteiger partial charge < -0.3 is 14.9 Å². The molecule has 0 bridgehead atoms. The quantitative estimate of drug-likeness (QED) is 0.422. The highest BCUT2D eigenvalue weighted by Crippen LogP contribution is 2.30. The second kappa shape index (κ2) is 5.74. The first-order chi connectivity index (χ1) is 13.5. The lowest BCUT2D eigenvalue weighted by Gasteiger charge is -2.18. The molecule has 2 N–H and O–H groups in total. The first-order valence-electron chi connectivity index (χ1n) is 8.51. The molecule has 140 valence electrons. The van der Waals surface area contributed by atoms with Crippen molar-refractivity contribution in [1.29, 1.82) is 0 Å². The number of nitrogens with zero attached hydrogens (tertiary/aromatic N) is 10. The maximum absolute atomic E-state index is 5.85. The van der Waals surface area contributed by atoms with Gasteiger partial charge in [-0.05, 0) is 0 Å². The molecule has 0 amide bonds. The molecule has 11 nitrogen and oxygen atoms in total. The van der Waals surface area contributed by atoms with Gasteiger partial charge in [-0.1, -0.05) is 0 Å². The van der Waals surface area contributed by atoms with Crippen LogP contribution in [0, 0.1) is 0 Å². The molecule has 11 heteroatoms. The lowest BCUT2D eigenvalue weighted by molar-refractivity contribution is 0.925. The van der Waals surface area contributed by atoms with Crippen LogP contribution in [0.2, 0.25) is 0 Å². The second-order valence-electron chi connectivity index (χ2n) is 6.49. The second-order valence-corrected chi connectivity index (χ2v) is 6.49. The van der Waals surface area contributed by atoms with Crippen molar-refractivity contribution in [2.75, 3.05) is 12.1 Å². The molecule has 0 unspecified atom stereocenters. The Morgan fingerprint density at radius 3 is 2.57 bits per heavy atom. The van der Waals surface area contributed by atoms with Crippen LogP contribution >= 0.6 is 0 Å². The average molecular weight is 375 g/mol. The number of hydrogen-bond acceptors (Lipinski definition) is 8. The van der Waals surface area contributed by atoms with Gasteiger partial charge in [0, 0.05) is 45.3 Å². The van der Waals surface area contributed by atoms with Crippen LogP contribution in [-0.2, 0) is 14.1 Å².